The van der Waals surface area contributed by atoms with Gasteiger partial charge in [-0.3, -0.25) is 9.59 Å². The molecule has 0 heterocycles. The molecule has 1 aliphatic carbocycles. The van der Waals surface area contributed by atoms with Crippen molar-refractivity contribution < 1.29 is 14.0 Å². The Morgan fingerprint density at radius 2 is 1.78 bits per heavy atom. The average molecular weight is 311 g/mol. The molecule has 0 radical (unpaired) electrons. The van der Waals surface area contributed by atoms with Gasteiger partial charge in [-0.25, -0.2) is 4.39 Å². The molecule has 2 aromatic rings. The molecule has 0 atom stereocenters. The van der Waals surface area contributed by atoms with Crippen LogP contribution in [0.4, 0.5) is 4.39 Å². The van der Waals surface area contributed by atoms with Crippen LogP contribution < -0.4 is 0 Å². The maximum absolute atomic E-state index is 13.0. The van der Waals surface area contributed by atoms with Crippen LogP contribution in [0.3, 0.4) is 0 Å². The highest BCUT2D eigenvalue weighted by molar-refractivity contribution is 6.01. The molecular weight excluding hydrogens is 293 g/mol. The molecule has 4 heteroatoms. The van der Waals surface area contributed by atoms with E-state index in [1.807, 2.05) is 0 Å². The van der Waals surface area contributed by atoms with Crippen LogP contribution >= 0.6 is 0 Å². The fraction of sp³-hybridized carbons (Fsp3) is 0.263. The molecule has 23 heavy (non-hydrogen) atoms. The Morgan fingerprint density at radius 1 is 1.13 bits per heavy atom. The van der Waals surface area contributed by atoms with Crippen LogP contribution in [0.1, 0.15) is 45.0 Å². The first-order valence-corrected chi connectivity index (χ1v) is 7.67. The molecule has 0 aliphatic heterocycles. The van der Waals surface area contributed by atoms with Crippen molar-refractivity contribution in [2.75, 3.05) is 7.05 Å². The van der Waals surface area contributed by atoms with Crippen molar-refractivity contribution in [3.05, 3.63) is 71.0 Å². The van der Waals surface area contributed by atoms with Gasteiger partial charge in [0.15, 0.2) is 6.29 Å². The summed E-state index contributed by atoms with van der Waals surface area (Å²) in [7, 11) is 1.77. The quantitative estimate of drug-likeness (QED) is 0.808. The summed E-state index contributed by atoms with van der Waals surface area (Å²) < 4.78 is 13.0. The minimum absolute atomic E-state index is 0.129. The van der Waals surface area contributed by atoms with Gasteiger partial charge in [0.25, 0.3) is 5.91 Å². The first-order valence-electron chi connectivity index (χ1n) is 7.67. The second kappa shape index (κ2) is 6.32. The second-order valence-electron chi connectivity index (χ2n) is 5.99. The normalized spacial score (nSPS) is 19.7. The zero-order valence-electron chi connectivity index (χ0n) is 12.9. The predicted molar refractivity (Wildman–Crippen MR) is 86.1 cm³/mol. The lowest BCUT2D eigenvalue weighted by molar-refractivity contribution is 0.0618. The maximum atomic E-state index is 13.0. The number of hydrogen-bond donors (Lipinski definition) is 0. The van der Waals surface area contributed by atoms with Crippen molar-refractivity contribution >= 4 is 12.2 Å². The van der Waals surface area contributed by atoms with E-state index in [4.69, 9.17) is 0 Å². The van der Waals surface area contributed by atoms with Gasteiger partial charge >= 0.3 is 0 Å². The van der Waals surface area contributed by atoms with E-state index in [2.05, 4.69) is 0 Å². The number of carbonyl (C=O) groups is 2. The van der Waals surface area contributed by atoms with Crippen molar-refractivity contribution in [1.82, 2.24) is 4.90 Å². The lowest BCUT2D eigenvalue weighted by Gasteiger charge is -2.41. The van der Waals surface area contributed by atoms with Gasteiger partial charge in [-0.1, -0.05) is 30.3 Å². The van der Waals surface area contributed by atoms with Gasteiger partial charge in [0, 0.05) is 18.7 Å². The first kappa shape index (κ1) is 15.4. The monoisotopic (exact) mass is 311 g/mol. The number of amides is 1. The highest BCUT2D eigenvalue weighted by atomic mass is 19.1. The number of rotatable bonds is 4. The smallest absolute Gasteiger partial charge is 0.254 e. The molecule has 3 nitrogen and oxygen atoms in total. The lowest BCUT2D eigenvalue weighted by atomic mass is 9.75. The average Bonchev–Trinajstić information content (AvgIpc) is 2.54. The highest BCUT2D eigenvalue weighted by Crippen LogP contribution is 2.39. The largest absolute Gasteiger partial charge is 0.339 e. The Labute approximate surface area is 134 Å². The summed E-state index contributed by atoms with van der Waals surface area (Å²) in [5.41, 5.74) is 1.96. The highest BCUT2D eigenvalue weighted by Gasteiger charge is 2.35. The molecule has 1 saturated carbocycles. The molecular formula is C19H18FNO2. The standard InChI is InChI=1S/C19H18FNO2/c1-21(19(23)18-5-3-2-4-14(18)12-22)17-10-15(11-17)13-6-8-16(20)9-7-13/h2-9,12,15,17H,10-11H2,1H3. The van der Waals surface area contributed by atoms with Gasteiger partial charge in [0.2, 0.25) is 0 Å². The first-order chi connectivity index (χ1) is 11.1. The Kier molecular flexibility index (Phi) is 4.24. The summed E-state index contributed by atoms with van der Waals surface area (Å²) in [6, 6.07) is 13.5. The van der Waals surface area contributed by atoms with Gasteiger partial charge in [-0.05, 0) is 42.5 Å². The fourth-order valence-electron chi connectivity index (χ4n) is 3.06. The fourth-order valence-corrected chi connectivity index (χ4v) is 3.06. The van der Waals surface area contributed by atoms with E-state index >= 15 is 0 Å². The third-order valence-electron chi connectivity index (χ3n) is 4.64. The Hall–Kier alpha value is -2.49. The summed E-state index contributed by atoms with van der Waals surface area (Å²) in [6.45, 7) is 0. The van der Waals surface area contributed by atoms with E-state index in [-0.39, 0.29) is 17.8 Å². The van der Waals surface area contributed by atoms with E-state index in [1.54, 1.807) is 48.3 Å². The molecule has 1 aliphatic rings. The van der Waals surface area contributed by atoms with Crippen LogP contribution in [0, 0.1) is 5.82 Å². The summed E-state index contributed by atoms with van der Waals surface area (Å²) in [4.78, 5) is 25.3. The Morgan fingerprint density at radius 3 is 2.43 bits per heavy atom. The van der Waals surface area contributed by atoms with E-state index < -0.39 is 0 Å². The van der Waals surface area contributed by atoms with Crippen LogP contribution in [-0.2, 0) is 0 Å². The summed E-state index contributed by atoms with van der Waals surface area (Å²) in [5.74, 6) is -0.00481. The molecule has 118 valence electrons. The van der Waals surface area contributed by atoms with Crippen LogP contribution in [0.25, 0.3) is 0 Å². The van der Waals surface area contributed by atoms with E-state index in [0.29, 0.717) is 23.3 Å². The maximum Gasteiger partial charge on any atom is 0.254 e. The molecule has 0 bridgehead atoms. The predicted octanol–water partition coefficient (Wildman–Crippen LogP) is 3.66. The third-order valence-corrected chi connectivity index (χ3v) is 4.64. The minimum atomic E-state index is -0.234. The van der Waals surface area contributed by atoms with E-state index in [1.165, 1.54) is 12.1 Å². The van der Waals surface area contributed by atoms with Crippen molar-refractivity contribution in [3.63, 3.8) is 0 Å². The molecule has 1 amide bonds. The van der Waals surface area contributed by atoms with Crippen molar-refractivity contribution in [2.24, 2.45) is 0 Å². The summed E-state index contributed by atoms with van der Waals surface area (Å²) in [6.07, 6.45) is 2.43. The topological polar surface area (TPSA) is 37.4 Å². The van der Waals surface area contributed by atoms with Gasteiger partial charge in [-0.2, -0.15) is 0 Å². The van der Waals surface area contributed by atoms with Gasteiger partial charge < -0.3 is 4.90 Å². The molecule has 0 spiro atoms. The third kappa shape index (κ3) is 3.02. The Balaban J connectivity index is 1.66. The van der Waals surface area contributed by atoms with E-state index in [9.17, 15) is 14.0 Å². The van der Waals surface area contributed by atoms with Crippen molar-refractivity contribution in [2.45, 2.75) is 24.8 Å². The molecule has 0 saturated heterocycles. The van der Waals surface area contributed by atoms with Crippen molar-refractivity contribution in [1.29, 1.82) is 0 Å². The molecule has 0 N–H and O–H groups in total. The zero-order chi connectivity index (χ0) is 16.4. The number of aldehydes is 1. The molecule has 0 unspecified atom stereocenters. The minimum Gasteiger partial charge on any atom is -0.339 e. The molecule has 1 fully saturated rings. The van der Waals surface area contributed by atoms with Crippen LogP contribution in [0.5, 0.6) is 0 Å². The van der Waals surface area contributed by atoms with Crippen LogP contribution in [0.2, 0.25) is 0 Å². The zero-order valence-corrected chi connectivity index (χ0v) is 12.9. The van der Waals surface area contributed by atoms with E-state index in [0.717, 1.165) is 18.4 Å². The van der Waals surface area contributed by atoms with Gasteiger partial charge in [-0.15, -0.1) is 0 Å². The van der Waals surface area contributed by atoms with Gasteiger partial charge in [0.1, 0.15) is 5.82 Å². The number of hydrogen-bond acceptors (Lipinski definition) is 2. The second-order valence-corrected chi connectivity index (χ2v) is 5.99. The molecule has 2 aromatic carbocycles. The number of carbonyl (C=O) groups excluding carboxylic acids is 2. The van der Waals surface area contributed by atoms with Crippen LogP contribution in [-0.4, -0.2) is 30.2 Å². The number of nitrogens with zero attached hydrogens (tertiary/aromatic N) is 1. The van der Waals surface area contributed by atoms with Crippen LogP contribution in [0.15, 0.2) is 48.5 Å². The summed E-state index contributed by atoms with van der Waals surface area (Å²) >= 11 is 0. The SMILES string of the molecule is CN(C(=O)c1ccccc1C=O)C1CC(c2ccc(F)cc2)C1. The summed E-state index contributed by atoms with van der Waals surface area (Å²) in [5, 5.41) is 0. The Bertz CT molecular complexity index is 720. The number of halogens is 1. The number of benzene rings is 2. The molecule has 3 rings (SSSR count). The van der Waals surface area contributed by atoms with Gasteiger partial charge in [0.05, 0.1) is 5.56 Å². The molecule has 0 aromatic heterocycles. The lowest BCUT2D eigenvalue weighted by Crippen LogP contribution is -2.45. The van der Waals surface area contributed by atoms with Crippen molar-refractivity contribution in [3.8, 4) is 0 Å².